The van der Waals surface area contributed by atoms with Crippen LogP contribution in [0.25, 0.3) is 0 Å². The van der Waals surface area contributed by atoms with E-state index < -0.39 is 11.0 Å². The molecule has 0 aliphatic carbocycles. The summed E-state index contributed by atoms with van der Waals surface area (Å²) in [6.45, 7) is 1.34. The third-order valence-corrected chi connectivity index (χ3v) is 3.24. The monoisotopic (exact) mass is 292 g/mol. The van der Waals surface area contributed by atoms with E-state index in [9.17, 15) is 26.3 Å². The summed E-state index contributed by atoms with van der Waals surface area (Å²) >= 11 is -0.685. The lowest BCUT2D eigenvalue weighted by Gasteiger charge is -2.11. The van der Waals surface area contributed by atoms with Crippen molar-refractivity contribution in [3.05, 3.63) is 23.8 Å². The van der Waals surface area contributed by atoms with E-state index in [1.807, 2.05) is 0 Å². The summed E-state index contributed by atoms with van der Waals surface area (Å²) in [7, 11) is 0. The summed E-state index contributed by atoms with van der Waals surface area (Å²) in [5.74, 6) is 0. The van der Waals surface area contributed by atoms with Crippen LogP contribution in [0.4, 0.5) is 26.3 Å². The molecular weight excluding hydrogens is 286 g/mol. The van der Waals surface area contributed by atoms with Crippen molar-refractivity contribution in [2.24, 2.45) is 0 Å². The van der Waals surface area contributed by atoms with Gasteiger partial charge in [-0.15, -0.1) is 0 Å². The molecule has 17 heavy (non-hydrogen) atoms. The molecule has 0 saturated heterocycles. The maximum Gasteiger partial charge on any atom is 0.446 e. The fourth-order valence-electron chi connectivity index (χ4n) is 1.06. The molecule has 96 valence electrons. The number of rotatable bonds is 2. The van der Waals surface area contributed by atoms with Crippen LogP contribution in [0, 0.1) is 6.92 Å². The summed E-state index contributed by atoms with van der Waals surface area (Å²) < 4.78 is 72.3. The fraction of sp³-hybridized carbons (Fsp3) is 0.333. The van der Waals surface area contributed by atoms with Crippen LogP contribution >= 0.6 is 23.5 Å². The Morgan fingerprint density at radius 1 is 0.882 bits per heavy atom. The first-order valence-corrected chi connectivity index (χ1v) is 5.82. The van der Waals surface area contributed by atoms with Crippen molar-refractivity contribution >= 4 is 23.5 Å². The van der Waals surface area contributed by atoms with Crippen LogP contribution in [0.3, 0.4) is 0 Å². The molecule has 0 N–H and O–H groups in total. The van der Waals surface area contributed by atoms with Crippen LogP contribution in [0.5, 0.6) is 0 Å². The normalized spacial score (nSPS) is 12.9. The highest BCUT2D eigenvalue weighted by Crippen LogP contribution is 2.41. The van der Waals surface area contributed by atoms with E-state index in [0.29, 0.717) is 0 Å². The van der Waals surface area contributed by atoms with Gasteiger partial charge in [0.25, 0.3) is 0 Å². The van der Waals surface area contributed by atoms with Gasteiger partial charge in [0.05, 0.1) is 0 Å². The average molecular weight is 292 g/mol. The first-order chi connectivity index (χ1) is 7.57. The van der Waals surface area contributed by atoms with Gasteiger partial charge in [0.2, 0.25) is 0 Å². The number of thioether (sulfide) groups is 2. The van der Waals surface area contributed by atoms with Crippen molar-refractivity contribution in [1.82, 2.24) is 0 Å². The lowest BCUT2D eigenvalue weighted by molar-refractivity contribution is -0.0338. The molecule has 0 unspecified atom stereocenters. The van der Waals surface area contributed by atoms with Gasteiger partial charge in [0, 0.05) is 9.79 Å². The molecule has 8 heteroatoms. The summed E-state index contributed by atoms with van der Waals surface area (Å²) in [4.78, 5) is -0.217. The van der Waals surface area contributed by atoms with Gasteiger partial charge in [-0.2, -0.15) is 26.3 Å². The molecule has 1 rings (SSSR count). The highest BCUT2D eigenvalue weighted by Gasteiger charge is 2.31. The first-order valence-electron chi connectivity index (χ1n) is 4.19. The molecule has 1 aromatic rings. The van der Waals surface area contributed by atoms with Gasteiger partial charge in [-0.25, -0.2) is 0 Å². The predicted octanol–water partition coefficient (Wildman–Crippen LogP) is 5.22. The summed E-state index contributed by atoms with van der Waals surface area (Å²) in [5, 5.41) is 0. The van der Waals surface area contributed by atoms with Crippen molar-refractivity contribution in [3.63, 3.8) is 0 Å². The van der Waals surface area contributed by atoms with Crippen LogP contribution in [-0.4, -0.2) is 11.0 Å². The van der Waals surface area contributed by atoms with E-state index in [-0.39, 0.29) is 38.9 Å². The van der Waals surface area contributed by atoms with Crippen molar-refractivity contribution in [2.75, 3.05) is 0 Å². The maximum atomic E-state index is 12.1. The minimum atomic E-state index is -4.44. The third kappa shape index (κ3) is 5.58. The minimum absolute atomic E-state index is 0.0935. The van der Waals surface area contributed by atoms with E-state index in [0.717, 1.165) is 18.2 Å². The Hall–Kier alpha value is -0.500. The number of hydrogen-bond donors (Lipinski definition) is 0. The number of alkyl halides is 6. The molecule has 0 aromatic heterocycles. The largest absolute Gasteiger partial charge is 0.446 e. The average Bonchev–Trinajstić information content (AvgIpc) is 2.05. The molecule has 0 spiro atoms. The van der Waals surface area contributed by atoms with E-state index in [2.05, 4.69) is 0 Å². The zero-order valence-electron chi connectivity index (χ0n) is 8.32. The van der Waals surface area contributed by atoms with Gasteiger partial charge in [-0.05, 0) is 54.2 Å². The number of aryl methyl sites for hydroxylation is 1. The molecule has 0 aliphatic rings. The van der Waals surface area contributed by atoms with Crippen LogP contribution < -0.4 is 0 Å². The topological polar surface area (TPSA) is 0 Å². The second kappa shape index (κ2) is 5.01. The van der Waals surface area contributed by atoms with Crippen LogP contribution in [0.15, 0.2) is 28.0 Å². The lowest BCUT2D eigenvalue weighted by Crippen LogP contribution is -2.01. The molecule has 0 fully saturated rings. The Bertz CT molecular complexity index is 395. The van der Waals surface area contributed by atoms with Gasteiger partial charge >= 0.3 is 11.0 Å². The highest BCUT2D eigenvalue weighted by molar-refractivity contribution is 8.00. The molecule has 0 heterocycles. The molecule has 0 saturated carbocycles. The first kappa shape index (κ1) is 14.6. The van der Waals surface area contributed by atoms with Crippen molar-refractivity contribution in [3.8, 4) is 0 Å². The zero-order chi connectivity index (χ0) is 13.3. The van der Waals surface area contributed by atoms with Crippen molar-refractivity contribution in [2.45, 2.75) is 27.7 Å². The van der Waals surface area contributed by atoms with Gasteiger partial charge in [-0.1, -0.05) is 0 Å². The lowest BCUT2D eigenvalue weighted by atomic mass is 10.2. The number of halogens is 6. The van der Waals surface area contributed by atoms with Crippen LogP contribution in [0.2, 0.25) is 0 Å². The molecular formula is C9H6F6S2. The second-order valence-corrected chi connectivity index (χ2v) is 5.27. The Balaban J connectivity index is 2.87. The zero-order valence-corrected chi connectivity index (χ0v) is 9.95. The van der Waals surface area contributed by atoms with Crippen molar-refractivity contribution < 1.29 is 26.3 Å². The Labute approximate surface area is 102 Å². The Kier molecular flexibility index (Phi) is 4.29. The highest BCUT2D eigenvalue weighted by atomic mass is 32.2. The van der Waals surface area contributed by atoms with Crippen LogP contribution in [-0.2, 0) is 0 Å². The molecule has 0 aliphatic heterocycles. The predicted molar refractivity (Wildman–Crippen MR) is 55.0 cm³/mol. The van der Waals surface area contributed by atoms with E-state index in [4.69, 9.17) is 0 Å². The quantitative estimate of drug-likeness (QED) is 0.541. The molecule has 0 amide bonds. The number of hydrogen-bond acceptors (Lipinski definition) is 2. The summed E-state index contributed by atoms with van der Waals surface area (Å²) in [5.41, 5.74) is -8.71. The molecule has 0 bridgehead atoms. The second-order valence-electron chi connectivity index (χ2n) is 3.02. The van der Waals surface area contributed by atoms with Crippen LogP contribution in [0.1, 0.15) is 5.56 Å². The van der Waals surface area contributed by atoms with Gasteiger partial charge in [0.1, 0.15) is 0 Å². The van der Waals surface area contributed by atoms with Gasteiger partial charge in [-0.3, -0.25) is 0 Å². The van der Waals surface area contributed by atoms with E-state index >= 15 is 0 Å². The van der Waals surface area contributed by atoms with Gasteiger partial charge < -0.3 is 0 Å². The van der Waals surface area contributed by atoms with E-state index in [1.54, 1.807) is 0 Å². The summed E-state index contributed by atoms with van der Waals surface area (Å²) in [6.07, 6.45) is 0. The summed E-state index contributed by atoms with van der Waals surface area (Å²) in [6, 6.07) is 3.16. The molecule has 0 atom stereocenters. The molecule has 1 aromatic carbocycles. The molecule has 0 radical (unpaired) electrons. The smallest absolute Gasteiger partial charge is 0.160 e. The van der Waals surface area contributed by atoms with Crippen molar-refractivity contribution in [1.29, 1.82) is 0 Å². The van der Waals surface area contributed by atoms with E-state index in [1.165, 1.54) is 6.92 Å². The Morgan fingerprint density at radius 3 is 1.82 bits per heavy atom. The maximum absolute atomic E-state index is 12.1. The van der Waals surface area contributed by atoms with Gasteiger partial charge in [0.15, 0.2) is 0 Å². The standard InChI is InChI=1S/C9H6F6S2/c1-5-4-6(16-8(10,11)12)2-3-7(5)17-9(13,14)15/h2-4H,1H3. The molecule has 0 nitrogen and oxygen atoms in total. The number of benzene rings is 1. The SMILES string of the molecule is Cc1cc(SC(F)(F)F)ccc1SC(F)(F)F. The third-order valence-electron chi connectivity index (χ3n) is 1.61. The minimum Gasteiger partial charge on any atom is -0.160 e. The Morgan fingerprint density at radius 2 is 1.41 bits per heavy atom. The fourth-order valence-corrected chi connectivity index (χ4v) is 2.30.